The molecule has 0 saturated heterocycles. The van der Waals surface area contributed by atoms with Crippen molar-refractivity contribution >= 4 is 28.9 Å². The van der Waals surface area contributed by atoms with Crippen molar-refractivity contribution in [3.8, 4) is 0 Å². The summed E-state index contributed by atoms with van der Waals surface area (Å²) in [6, 6.07) is 6.86. The Morgan fingerprint density at radius 1 is 1.17 bits per heavy atom. The number of alkyl halides is 3. The number of nitrogens with zero attached hydrogens (tertiary/aromatic N) is 1. The van der Waals surface area contributed by atoms with Gasteiger partial charge in [-0.1, -0.05) is 11.6 Å². The maximum absolute atomic E-state index is 12.8. The molecule has 2 aromatic rings. The third-order valence-corrected chi connectivity index (χ3v) is 3.80. The van der Waals surface area contributed by atoms with Crippen LogP contribution in [0.15, 0.2) is 36.5 Å². The second kappa shape index (κ2) is 6.32. The second-order valence-electron chi connectivity index (χ2n) is 5.50. The van der Waals surface area contributed by atoms with Crippen LogP contribution in [-0.2, 0) is 6.18 Å². The Morgan fingerprint density at radius 2 is 1.88 bits per heavy atom. The van der Waals surface area contributed by atoms with Crippen LogP contribution < -0.4 is 10.6 Å². The van der Waals surface area contributed by atoms with Crippen LogP contribution in [0.2, 0.25) is 5.02 Å². The minimum absolute atomic E-state index is 0.226. The topological polar surface area (TPSA) is 54.0 Å². The Balaban J connectivity index is 1.73. The summed E-state index contributed by atoms with van der Waals surface area (Å²) in [7, 11) is 0. The molecule has 0 radical (unpaired) electrons. The number of benzene rings is 1. The molecule has 1 amide bonds. The Labute approximate surface area is 141 Å². The van der Waals surface area contributed by atoms with E-state index in [4.69, 9.17) is 11.6 Å². The second-order valence-corrected chi connectivity index (χ2v) is 5.90. The summed E-state index contributed by atoms with van der Waals surface area (Å²) in [6.45, 7) is 0. The number of aromatic nitrogens is 1. The van der Waals surface area contributed by atoms with Gasteiger partial charge < -0.3 is 10.6 Å². The van der Waals surface area contributed by atoms with E-state index in [1.54, 1.807) is 6.07 Å². The monoisotopic (exact) mass is 355 g/mol. The van der Waals surface area contributed by atoms with Gasteiger partial charge in [0.2, 0.25) is 0 Å². The molecule has 4 nitrogen and oxygen atoms in total. The first kappa shape index (κ1) is 16.6. The smallest absolute Gasteiger partial charge is 0.354 e. The van der Waals surface area contributed by atoms with E-state index in [9.17, 15) is 18.0 Å². The molecule has 0 aliphatic heterocycles. The average molecular weight is 356 g/mol. The van der Waals surface area contributed by atoms with Crippen LogP contribution >= 0.6 is 11.6 Å². The van der Waals surface area contributed by atoms with Gasteiger partial charge in [0, 0.05) is 11.7 Å². The van der Waals surface area contributed by atoms with Crippen LogP contribution in [0, 0.1) is 0 Å². The Kier molecular flexibility index (Phi) is 4.36. The Bertz CT molecular complexity index is 758. The molecule has 1 aliphatic rings. The molecule has 0 bridgehead atoms. The minimum atomic E-state index is -4.53. The first-order chi connectivity index (χ1) is 11.3. The van der Waals surface area contributed by atoms with Crippen molar-refractivity contribution in [1.82, 2.24) is 10.3 Å². The average Bonchev–Trinajstić information content (AvgIpc) is 3.33. The highest BCUT2D eigenvalue weighted by atomic mass is 35.5. The molecule has 2 N–H and O–H groups in total. The summed E-state index contributed by atoms with van der Waals surface area (Å²) in [5.41, 5.74) is 0.0409. The van der Waals surface area contributed by atoms with E-state index in [1.807, 2.05) is 0 Å². The molecular weight excluding hydrogens is 343 g/mol. The number of halogens is 4. The lowest BCUT2D eigenvalue weighted by atomic mass is 10.2. The lowest BCUT2D eigenvalue weighted by Gasteiger charge is -2.12. The summed E-state index contributed by atoms with van der Waals surface area (Å²) in [5.74, 6) is -0.255. The molecule has 1 aromatic carbocycles. The highest BCUT2D eigenvalue weighted by molar-refractivity contribution is 6.31. The number of rotatable bonds is 4. The molecule has 0 atom stereocenters. The summed E-state index contributed by atoms with van der Waals surface area (Å²) in [4.78, 5) is 15.8. The third-order valence-electron chi connectivity index (χ3n) is 3.47. The van der Waals surface area contributed by atoms with E-state index in [0.717, 1.165) is 18.9 Å². The van der Waals surface area contributed by atoms with E-state index in [2.05, 4.69) is 15.6 Å². The third kappa shape index (κ3) is 3.97. The van der Waals surface area contributed by atoms with Crippen molar-refractivity contribution in [1.29, 1.82) is 0 Å². The summed E-state index contributed by atoms with van der Waals surface area (Å²) in [5, 5.41) is 5.26. The van der Waals surface area contributed by atoms with E-state index in [1.165, 1.54) is 24.4 Å². The largest absolute Gasteiger partial charge is 0.417 e. The molecule has 1 saturated carbocycles. The number of anilines is 2. The van der Waals surface area contributed by atoms with Gasteiger partial charge in [-0.3, -0.25) is 4.79 Å². The van der Waals surface area contributed by atoms with Gasteiger partial charge in [0.05, 0.1) is 22.5 Å². The van der Waals surface area contributed by atoms with Crippen LogP contribution in [0.5, 0.6) is 0 Å². The van der Waals surface area contributed by atoms with Crippen LogP contribution in [0.3, 0.4) is 0 Å². The number of carbonyl (C=O) groups is 1. The summed E-state index contributed by atoms with van der Waals surface area (Å²) in [6.07, 6.45) is -1.19. The molecule has 3 rings (SSSR count). The fourth-order valence-electron chi connectivity index (χ4n) is 2.08. The minimum Gasteiger partial charge on any atom is -0.354 e. The Hall–Kier alpha value is -2.28. The van der Waals surface area contributed by atoms with Crippen LogP contribution in [-0.4, -0.2) is 16.9 Å². The van der Waals surface area contributed by atoms with Gasteiger partial charge in [0.25, 0.3) is 5.91 Å². The molecule has 0 spiro atoms. The lowest BCUT2D eigenvalue weighted by Crippen LogP contribution is -2.26. The molecule has 126 valence electrons. The van der Waals surface area contributed by atoms with Gasteiger partial charge in [-0.05, 0) is 43.2 Å². The van der Waals surface area contributed by atoms with Gasteiger partial charge in [-0.25, -0.2) is 4.98 Å². The van der Waals surface area contributed by atoms with Gasteiger partial charge in [-0.2, -0.15) is 13.2 Å². The normalized spacial score (nSPS) is 14.3. The molecule has 1 heterocycles. The van der Waals surface area contributed by atoms with E-state index >= 15 is 0 Å². The van der Waals surface area contributed by atoms with Crippen LogP contribution in [0.25, 0.3) is 0 Å². The van der Waals surface area contributed by atoms with Crippen molar-refractivity contribution in [2.45, 2.75) is 25.1 Å². The molecule has 8 heteroatoms. The fourth-order valence-corrected chi connectivity index (χ4v) is 2.30. The Morgan fingerprint density at radius 3 is 2.46 bits per heavy atom. The van der Waals surface area contributed by atoms with E-state index < -0.39 is 11.7 Å². The number of nitrogens with one attached hydrogen (secondary N) is 2. The maximum atomic E-state index is 12.8. The standard InChI is InChI=1S/C16H13ClF3N3O/c17-13-5-3-10(7-12(13)16(18,19)20)22-11-4-6-14(21-8-11)15(24)23-9-1-2-9/h3-9,22H,1-2H2,(H,23,24). The van der Waals surface area contributed by atoms with Crippen molar-refractivity contribution < 1.29 is 18.0 Å². The molecule has 1 aromatic heterocycles. The summed E-state index contributed by atoms with van der Waals surface area (Å²) >= 11 is 5.58. The van der Waals surface area contributed by atoms with Gasteiger partial charge in [0.1, 0.15) is 5.69 Å². The number of carbonyl (C=O) groups excluding carboxylic acids is 1. The van der Waals surface area contributed by atoms with Crippen molar-refractivity contribution in [2.75, 3.05) is 5.32 Å². The van der Waals surface area contributed by atoms with Crippen molar-refractivity contribution in [3.63, 3.8) is 0 Å². The first-order valence-corrected chi connectivity index (χ1v) is 7.61. The lowest BCUT2D eigenvalue weighted by molar-refractivity contribution is -0.137. The fraction of sp³-hybridized carbons (Fsp3) is 0.250. The molecular formula is C16H13ClF3N3O. The highest BCUT2D eigenvalue weighted by Crippen LogP contribution is 2.36. The SMILES string of the molecule is O=C(NC1CC1)c1ccc(Nc2ccc(Cl)c(C(F)(F)F)c2)cn1. The molecule has 1 aliphatic carbocycles. The van der Waals surface area contributed by atoms with E-state index in [0.29, 0.717) is 5.69 Å². The number of hydrogen-bond donors (Lipinski definition) is 2. The highest BCUT2D eigenvalue weighted by Gasteiger charge is 2.33. The molecule has 1 fully saturated rings. The van der Waals surface area contributed by atoms with Gasteiger partial charge in [-0.15, -0.1) is 0 Å². The van der Waals surface area contributed by atoms with Gasteiger partial charge in [0.15, 0.2) is 0 Å². The van der Waals surface area contributed by atoms with Crippen molar-refractivity contribution in [2.24, 2.45) is 0 Å². The predicted molar refractivity (Wildman–Crippen MR) is 84.5 cm³/mol. The quantitative estimate of drug-likeness (QED) is 0.855. The summed E-state index contributed by atoms with van der Waals surface area (Å²) < 4.78 is 38.5. The van der Waals surface area contributed by atoms with Crippen LogP contribution in [0.4, 0.5) is 24.5 Å². The number of amides is 1. The van der Waals surface area contributed by atoms with Crippen molar-refractivity contribution in [3.05, 3.63) is 52.8 Å². The number of pyridine rings is 1. The van der Waals surface area contributed by atoms with Gasteiger partial charge >= 0.3 is 6.18 Å². The van der Waals surface area contributed by atoms with E-state index in [-0.39, 0.29) is 28.4 Å². The maximum Gasteiger partial charge on any atom is 0.417 e. The zero-order valence-electron chi connectivity index (χ0n) is 12.3. The molecule has 0 unspecified atom stereocenters. The predicted octanol–water partition coefficient (Wildman–Crippen LogP) is 4.39. The zero-order valence-corrected chi connectivity index (χ0v) is 13.1. The first-order valence-electron chi connectivity index (χ1n) is 7.23. The van der Waals surface area contributed by atoms with Crippen LogP contribution in [0.1, 0.15) is 28.9 Å². The number of hydrogen-bond acceptors (Lipinski definition) is 3. The molecule has 24 heavy (non-hydrogen) atoms. The zero-order chi connectivity index (χ0) is 17.3.